The molecule has 0 aromatic heterocycles. The first-order valence-corrected chi connectivity index (χ1v) is 7.28. The maximum atomic E-state index is 11.9. The molecule has 20 heavy (non-hydrogen) atoms. The van der Waals surface area contributed by atoms with Crippen molar-refractivity contribution in [2.24, 2.45) is 0 Å². The van der Waals surface area contributed by atoms with E-state index in [2.05, 4.69) is 11.9 Å². The molecule has 2 unspecified atom stereocenters. The molecule has 1 N–H and O–H groups in total. The normalized spacial score (nSPS) is 18.9. The Hall–Kier alpha value is -1.36. The van der Waals surface area contributed by atoms with E-state index in [0.29, 0.717) is 0 Å². The molecule has 2 atom stereocenters. The van der Waals surface area contributed by atoms with Crippen LogP contribution in [0, 0.1) is 0 Å². The van der Waals surface area contributed by atoms with Gasteiger partial charge >= 0.3 is 5.97 Å². The molecule has 1 aliphatic carbocycles. The molecule has 114 valence electrons. The highest BCUT2D eigenvalue weighted by atomic mass is 16.6. The van der Waals surface area contributed by atoms with Gasteiger partial charge in [0.15, 0.2) is 12.2 Å². The van der Waals surface area contributed by atoms with E-state index >= 15 is 0 Å². The summed E-state index contributed by atoms with van der Waals surface area (Å²) < 4.78 is 10.3. The van der Waals surface area contributed by atoms with Gasteiger partial charge in [0.05, 0.1) is 6.61 Å². The molecule has 0 aliphatic heterocycles. The van der Waals surface area contributed by atoms with Crippen LogP contribution >= 0.6 is 0 Å². The van der Waals surface area contributed by atoms with Gasteiger partial charge in [-0.25, -0.2) is 4.79 Å². The SMILES string of the molecule is C=CCOC(C)C(=O)OC(C)C(=O)NC1CCCCC1. The Balaban J connectivity index is 2.32. The molecule has 5 nitrogen and oxygen atoms in total. The van der Waals surface area contributed by atoms with Crippen molar-refractivity contribution in [3.63, 3.8) is 0 Å². The number of hydrogen-bond acceptors (Lipinski definition) is 4. The number of amides is 1. The molecule has 1 rings (SSSR count). The predicted octanol–water partition coefficient (Wildman–Crippen LogP) is 1.96. The second-order valence-corrected chi connectivity index (χ2v) is 5.19. The lowest BCUT2D eigenvalue weighted by Crippen LogP contribution is -2.43. The highest BCUT2D eigenvalue weighted by Crippen LogP contribution is 2.17. The lowest BCUT2D eigenvalue weighted by atomic mass is 9.95. The zero-order valence-corrected chi connectivity index (χ0v) is 12.4. The fourth-order valence-electron chi connectivity index (χ4n) is 2.17. The fraction of sp³-hybridized carbons (Fsp3) is 0.733. The molecular formula is C15H25NO4. The van der Waals surface area contributed by atoms with E-state index in [9.17, 15) is 9.59 Å². The number of carbonyl (C=O) groups excluding carboxylic acids is 2. The Morgan fingerprint density at radius 2 is 1.90 bits per heavy atom. The molecule has 0 aromatic rings. The van der Waals surface area contributed by atoms with E-state index in [1.54, 1.807) is 19.9 Å². The minimum Gasteiger partial charge on any atom is -0.451 e. The number of ether oxygens (including phenoxy) is 2. The quantitative estimate of drug-likeness (QED) is 0.573. The van der Waals surface area contributed by atoms with E-state index < -0.39 is 18.2 Å². The Kier molecular flexibility index (Phi) is 7.30. The highest BCUT2D eigenvalue weighted by Gasteiger charge is 2.24. The monoisotopic (exact) mass is 283 g/mol. The van der Waals surface area contributed by atoms with Crippen LogP contribution in [0.15, 0.2) is 12.7 Å². The topological polar surface area (TPSA) is 64.6 Å². The van der Waals surface area contributed by atoms with E-state index in [-0.39, 0.29) is 18.6 Å². The summed E-state index contributed by atoms with van der Waals surface area (Å²) in [5, 5.41) is 2.93. The minimum absolute atomic E-state index is 0.215. The molecule has 5 heteroatoms. The van der Waals surface area contributed by atoms with Gasteiger partial charge in [0.2, 0.25) is 0 Å². The van der Waals surface area contributed by atoms with Crippen molar-refractivity contribution in [1.29, 1.82) is 0 Å². The minimum atomic E-state index is -0.792. The molecule has 1 amide bonds. The third-order valence-corrected chi connectivity index (χ3v) is 3.41. The summed E-state index contributed by atoms with van der Waals surface area (Å²) in [6.07, 6.45) is 5.60. The van der Waals surface area contributed by atoms with Crippen molar-refractivity contribution in [1.82, 2.24) is 5.32 Å². The van der Waals surface area contributed by atoms with E-state index in [4.69, 9.17) is 9.47 Å². The Morgan fingerprint density at radius 1 is 1.25 bits per heavy atom. The van der Waals surface area contributed by atoms with E-state index in [0.717, 1.165) is 25.7 Å². The van der Waals surface area contributed by atoms with Gasteiger partial charge in [-0.15, -0.1) is 6.58 Å². The van der Waals surface area contributed by atoms with Crippen molar-refractivity contribution >= 4 is 11.9 Å². The third kappa shape index (κ3) is 5.74. The second kappa shape index (κ2) is 8.74. The summed E-state index contributed by atoms with van der Waals surface area (Å²) >= 11 is 0. The average Bonchev–Trinajstić information content (AvgIpc) is 2.45. The maximum Gasteiger partial charge on any atom is 0.335 e. The molecule has 0 bridgehead atoms. The number of esters is 1. The zero-order valence-electron chi connectivity index (χ0n) is 12.4. The van der Waals surface area contributed by atoms with Gasteiger partial charge in [-0.3, -0.25) is 4.79 Å². The summed E-state index contributed by atoms with van der Waals surface area (Å²) in [4.78, 5) is 23.6. The Morgan fingerprint density at radius 3 is 2.50 bits per heavy atom. The van der Waals surface area contributed by atoms with Crippen molar-refractivity contribution < 1.29 is 19.1 Å². The van der Waals surface area contributed by atoms with Crippen molar-refractivity contribution in [2.75, 3.05) is 6.61 Å². The van der Waals surface area contributed by atoms with Crippen LogP contribution in [-0.2, 0) is 19.1 Å². The summed E-state index contributed by atoms with van der Waals surface area (Å²) in [7, 11) is 0. The molecule has 1 saturated carbocycles. The molecule has 0 saturated heterocycles. The largest absolute Gasteiger partial charge is 0.451 e. The molecule has 0 spiro atoms. The van der Waals surface area contributed by atoms with Gasteiger partial charge in [-0.1, -0.05) is 25.3 Å². The van der Waals surface area contributed by atoms with Crippen molar-refractivity contribution in [2.45, 2.75) is 64.2 Å². The smallest absolute Gasteiger partial charge is 0.335 e. The number of carbonyl (C=O) groups is 2. The molecular weight excluding hydrogens is 258 g/mol. The number of hydrogen-bond donors (Lipinski definition) is 1. The van der Waals surface area contributed by atoms with E-state index in [1.165, 1.54) is 6.42 Å². The van der Waals surface area contributed by atoms with Gasteiger partial charge in [0.25, 0.3) is 5.91 Å². The van der Waals surface area contributed by atoms with Gasteiger partial charge in [-0.05, 0) is 26.7 Å². The number of rotatable bonds is 7. The highest BCUT2D eigenvalue weighted by molar-refractivity contribution is 5.84. The average molecular weight is 283 g/mol. The van der Waals surface area contributed by atoms with Crippen molar-refractivity contribution in [3.8, 4) is 0 Å². The first kappa shape index (κ1) is 16.7. The lowest BCUT2D eigenvalue weighted by molar-refractivity contribution is -0.164. The first-order chi connectivity index (χ1) is 9.54. The van der Waals surface area contributed by atoms with Crippen LogP contribution in [0.3, 0.4) is 0 Å². The van der Waals surface area contributed by atoms with Crippen LogP contribution in [-0.4, -0.2) is 36.7 Å². The standard InChI is InChI=1S/C15H25NO4/c1-4-10-19-12(3)15(18)20-11(2)14(17)16-13-8-6-5-7-9-13/h4,11-13H,1,5-10H2,2-3H3,(H,16,17). The Labute approximate surface area is 120 Å². The van der Waals surface area contributed by atoms with Crippen LogP contribution in [0.5, 0.6) is 0 Å². The fourth-order valence-corrected chi connectivity index (χ4v) is 2.17. The molecule has 0 heterocycles. The first-order valence-electron chi connectivity index (χ1n) is 7.28. The number of nitrogens with one attached hydrogen (secondary N) is 1. The van der Waals surface area contributed by atoms with Crippen LogP contribution in [0.25, 0.3) is 0 Å². The van der Waals surface area contributed by atoms with Gasteiger partial charge in [-0.2, -0.15) is 0 Å². The van der Waals surface area contributed by atoms with Gasteiger partial charge < -0.3 is 14.8 Å². The lowest BCUT2D eigenvalue weighted by Gasteiger charge is -2.24. The van der Waals surface area contributed by atoms with Crippen LogP contribution < -0.4 is 5.32 Å². The maximum absolute atomic E-state index is 11.9. The van der Waals surface area contributed by atoms with Crippen LogP contribution in [0.1, 0.15) is 46.0 Å². The summed E-state index contributed by atoms with van der Waals surface area (Å²) in [5.41, 5.74) is 0. The van der Waals surface area contributed by atoms with Crippen molar-refractivity contribution in [3.05, 3.63) is 12.7 Å². The summed E-state index contributed by atoms with van der Waals surface area (Å²) in [6, 6.07) is 0.215. The molecule has 0 radical (unpaired) electrons. The molecule has 1 fully saturated rings. The summed E-state index contributed by atoms with van der Waals surface area (Å²) in [5.74, 6) is -0.765. The predicted molar refractivity (Wildman–Crippen MR) is 76.2 cm³/mol. The van der Waals surface area contributed by atoms with Crippen LogP contribution in [0.2, 0.25) is 0 Å². The van der Waals surface area contributed by atoms with Gasteiger partial charge in [0, 0.05) is 6.04 Å². The molecule has 0 aromatic carbocycles. The third-order valence-electron chi connectivity index (χ3n) is 3.41. The summed E-state index contributed by atoms with van der Waals surface area (Å²) in [6.45, 7) is 6.96. The van der Waals surface area contributed by atoms with Crippen LogP contribution in [0.4, 0.5) is 0 Å². The van der Waals surface area contributed by atoms with Gasteiger partial charge in [0.1, 0.15) is 0 Å². The zero-order chi connectivity index (χ0) is 15.0. The second-order valence-electron chi connectivity index (χ2n) is 5.19. The molecule has 1 aliphatic rings. The Bertz CT molecular complexity index is 337. The van der Waals surface area contributed by atoms with E-state index in [1.807, 2.05) is 0 Å².